The highest BCUT2D eigenvalue weighted by Crippen LogP contribution is 2.43. The average molecular weight is 200 g/mol. The third kappa shape index (κ3) is 1.43. The third-order valence-corrected chi connectivity index (χ3v) is 4.10. The fraction of sp³-hybridized carbons (Fsp3) is 0.467. The van der Waals surface area contributed by atoms with Crippen LogP contribution < -0.4 is 0 Å². The molecule has 1 unspecified atom stereocenters. The smallest absolute Gasteiger partial charge is 0.00315 e. The van der Waals surface area contributed by atoms with E-state index < -0.39 is 0 Å². The molecule has 0 amide bonds. The van der Waals surface area contributed by atoms with Crippen molar-refractivity contribution in [3.63, 3.8) is 0 Å². The first-order chi connectivity index (χ1) is 7.04. The molecule has 0 spiro atoms. The van der Waals surface area contributed by atoms with E-state index in [2.05, 4.69) is 46.8 Å². The minimum atomic E-state index is 0.609. The van der Waals surface area contributed by atoms with Crippen molar-refractivity contribution >= 4 is 0 Å². The second kappa shape index (κ2) is 3.52. The van der Waals surface area contributed by atoms with Gasteiger partial charge in [-0.25, -0.2) is 0 Å². The normalized spacial score (nSPS) is 26.3. The SMILES string of the molecule is CC1=CCC=C1C1=C(C)C(C)=C(C)C1C. The molecule has 2 aliphatic carbocycles. The van der Waals surface area contributed by atoms with Crippen molar-refractivity contribution in [1.82, 2.24) is 0 Å². The lowest BCUT2D eigenvalue weighted by Gasteiger charge is -2.15. The van der Waals surface area contributed by atoms with Crippen LogP contribution in [0.3, 0.4) is 0 Å². The topological polar surface area (TPSA) is 0 Å². The second-order valence-corrected chi connectivity index (χ2v) is 4.81. The van der Waals surface area contributed by atoms with Crippen LogP contribution in [0, 0.1) is 5.92 Å². The number of hydrogen-bond donors (Lipinski definition) is 0. The third-order valence-electron chi connectivity index (χ3n) is 4.10. The van der Waals surface area contributed by atoms with Crippen LogP contribution in [-0.2, 0) is 0 Å². The van der Waals surface area contributed by atoms with E-state index in [1.165, 1.54) is 22.3 Å². The van der Waals surface area contributed by atoms with Gasteiger partial charge < -0.3 is 0 Å². The van der Waals surface area contributed by atoms with Crippen LogP contribution in [0.25, 0.3) is 0 Å². The maximum atomic E-state index is 2.37. The molecule has 0 radical (unpaired) electrons. The quantitative estimate of drug-likeness (QED) is 0.582. The largest absolute Gasteiger partial charge is 0.0772 e. The van der Waals surface area contributed by atoms with E-state index in [0.29, 0.717) is 5.92 Å². The van der Waals surface area contributed by atoms with Crippen molar-refractivity contribution in [3.8, 4) is 0 Å². The van der Waals surface area contributed by atoms with Crippen LogP contribution in [0.5, 0.6) is 0 Å². The number of rotatable bonds is 1. The number of allylic oxidation sites excluding steroid dienone is 8. The Morgan fingerprint density at radius 3 is 2.07 bits per heavy atom. The van der Waals surface area contributed by atoms with Gasteiger partial charge in [0.05, 0.1) is 0 Å². The lowest BCUT2D eigenvalue weighted by molar-refractivity contribution is 0.825. The molecule has 0 aromatic heterocycles. The molecule has 1 atom stereocenters. The van der Waals surface area contributed by atoms with Gasteiger partial charge in [-0.3, -0.25) is 0 Å². The zero-order valence-corrected chi connectivity index (χ0v) is 10.4. The molecule has 15 heavy (non-hydrogen) atoms. The van der Waals surface area contributed by atoms with Gasteiger partial charge in [-0.2, -0.15) is 0 Å². The summed E-state index contributed by atoms with van der Waals surface area (Å²) in [7, 11) is 0. The van der Waals surface area contributed by atoms with Gasteiger partial charge in [0.15, 0.2) is 0 Å². The Morgan fingerprint density at radius 2 is 1.67 bits per heavy atom. The molecule has 0 bridgehead atoms. The van der Waals surface area contributed by atoms with Crippen LogP contribution in [0.1, 0.15) is 41.0 Å². The molecule has 0 N–H and O–H groups in total. The van der Waals surface area contributed by atoms with Crippen molar-refractivity contribution in [2.45, 2.75) is 41.0 Å². The standard InChI is InChI=1S/C15H20/c1-9-7-6-8-14(9)15-12(4)10(2)11(3)13(15)5/h7-8,12H,6H2,1-5H3. The predicted octanol–water partition coefficient (Wildman–Crippen LogP) is 4.57. The molecule has 0 fully saturated rings. The molecule has 2 aliphatic rings. The zero-order valence-electron chi connectivity index (χ0n) is 10.4. The van der Waals surface area contributed by atoms with Gasteiger partial charge in [0, 0.05) is 5.92 Å². The summed E-state index contributed by atoms with van der Waals surface area (Å²) in [5, 5.41) is 0. The summed E-state index contributed by atoms with van der Waals surface area (Å²) in [6, 6.07) is 0. The molecule has 0 aromatic carbocycles. The summed E-state index contributed by atoms with van der Waals surface area (Å²) in [4.78, 5) is 0. The van der Waals surface area contributed by atoms with Gasteiger partial charge in [-0.05, 0) is 62.0 Å². The maximum Gasteiger partial charge on any atom is 0.00315 e. The lowest BCUT2D eigenvalue weighted by Crippen LogP contribution is -2.00. The van der Waals surface area contributed by atoms with Crippen molar-refractivity contribution in [2.24, 2.45) is 5.92 Å². The predicted molar refractivity (Wildman–Crippen MR) is 66.7 cm³/mol. The van der Waals surface area contributed by atoms with Crippen molar-refractivity contribution in [2.75, 3.05) is 0 Å². The highest BCUT2D eigenvalue weighted by molar-refractivity contribution is 5.61. The monoisotopic (exact) mass is 200 g/mol. The van der Waals surface area contributed by atoms with Crippen molar-refractivity contribution in [3.05, 3.63) is 45.6 Å². The Morgan fingerprint density at radius 1 is 1.00 bits per heavy atom. The van der Waals surface area contributed by atoms with Crippen LogP contribution in [-0.4, -0.2) is 0 Å². The molecule has 0 saturated carbocycles. The summed E-state index contributed by atoms with van der Waals surface area (Å²) in [6.45, 7) is 11.4. The molecular formula is C15H20. The van der Waals surface area contributed by atoms with Crippen LogP contribution in [0.15, 0.2) is 45.6 Å². The Labute approximate surface area is 93.1 Å². The van der Waals surface area contributed by atoms with Gasteiger partial charge in [0.25, 0.3) is 0 Å². The molecular weight excluding hydrogens is 180 g/mol. The van der Waals surface area contributed by atoms with Gasteiger partial charge in [0.2, 0.25) is 0 Å². The first kappa shape index (κ1) is 10.5. The molecule has 0 aliphatic heterocycles. The van der Waals surface area contributed by atoms with Gasteiger partial charge in [-0.1, -0.05) is 24.6 Å². The second-order valence-electron chi connectivity index (χ2n) is 4.81. The summed E-state index contributed by atoms with van der Waals surface area (Å²) in [5.41, 5.74) is 9.06. The first-order valence-electron chi connectivity index (χ1n) is 5.80. The summed E-state index contributed by atoms with van der Waals surface area (Å²) in [6.07, 6.45) is 5.81. The zero-order chi connectivity index (χ0) is 11.2. The van der Waals surface area contributed by atoms with Crippen molar-refractivity contribution < 1.29 is 0 Å². The van der Waals surface area contributed by atoms with Crippen LogP contribution in [0.2, 0.25) is 0 Å². The summed E-state index contributed by atoms with van der Waals surface area (Å²) in [5.74, 6) is 0.609. The summed E-state index contributed by atoms with van der Waals surface area (Å²) >= 11 is 0. The molecule has 0 nitrogen and oxygen atoms in total. The van der Waals surface area contributed by atoms with Crippen LogP contribution >= 0.6 is 0 Å². The molecule has 0 heteroatoms. The van der Waals surface area contributed by atoms with E-state index in [0.717, 1.165) is 6.42 Å². The fourth-order valence-electron chi connectivity index (χ4n) is 2.75. The Balaban J connectivity index is 2.46. The molecule has 80 valence electrons. The minimum absolute atomic E-state index is 0.609. The first-order valence-corrected chi connectivity index (χ1v) is 5.80. The van der Waals surface area contributed by atoms with E-state index in [1.807, 2.05) is 0 Å². The van der Waals surface area contributed by atoms with Crippen molar-refractivity contribution in [1.29, 1.82) is 0 Å². The van der Waals surface area contributed by atoms with E-state index in [1.54, 1.807) is 11.1 Å². The minimum Gasteiger partial charge on any atom is -0.0772 e. The lowest BCUT2D eigenvalue weighted by atomic mass is 9.89. The van der Waals surface area contributed by atoms with Gasteiger partial charge in [-0.15, -0.1) is 0 Å². The van der Waals surface area contributed by atoms with Crippen LogP contribution in [0.4, 0.5) is 0 Å². The molecule has 2 rings (SSSR count). The van der Waals surface area contributed by atoms with E-state index in [4.69, 9.17) is 0 Å². The van der Waals surface area contributed by atoms with Gasteiger partial charge >= 0.3 is 0 Å². The highest BCUT2D eigenvalue weighted by Gasteiger charge is 2.27. The van der Waals surface area contributed by atoms with E-state index in [9.17, 15) is 0 Å². The van der Waals surface area contributed by atoms with E-state index in [-0.39, 0.29) is 0 Å². The average Bonchev–Trinajstić information content (AvgIpc) is 2.68. The molecule has 0 aromatic rings. The summed E-state index contributed by atoms with van der Waals surface area (Å²) < 4.78 is 0. The Kier molecular flexibility index (Phi) is 2.46. The fourth-order valence-corrected chi connectivity index (χ4v) is 2.75. The number of hydrogen-bond acceptors (Lipinski definition) is 0. The Hall–Kier alpha value is -1.04. The highest BCUT2D eigenvalue weighted by atomic mass is 14.3. The molecule has 0 saturated heterocycles. The maximum absolute atomic E-state index is 2.37. The molecule has 0 heterocycles. The Bertz CT molecular complexity index is 425. The van der Waals surface area contributed by atoms with Gasteiger partial charge in [0.1, 0.15) is 0 Å². The van der Waals surface area contributed by atoms with E-state index >= 15 is 0 Å².